The summed E-state index contributed by atoms with van der Waals surface area (Å²) in [5.74, 6) is -1.10. The average molecular weight is 585 g/mol. The fourth-order valence-electron chi connectivity index (χ4n) is 4.57. The van der Waals surface area contributed by atoms with E-state index < -0.39 is 28.0 Å². The number of pyridine rings is 1. The molecule has 1 aliphatic rings. The van der Waals surface area contributed by atoms with Crippen molar-refractivity contribution in [2.24, 2.45) is 5.92 Å². The standard InChI is InChI=1S/C29H33FN4O6S/c1-19-16-34(20(2)18-35)28(36)15-22-14-24(32-29(37)21-10-12-31-13-11-21)6-9-26(22)40-27(19)17-33(3)41(38,39)25-7-4-23(30)5-8-25/h4-14,19-20,27,35H,15-18H2,1-3H3,(H,32,37)/t19-,20+,27-/m1/s1. The van der Waals surface area contributed by atoms with Crippen molar-refractivity contribution in [1.82, 2.24) is 14.2 Å². The molecule has 0 bridgehead atoms. The van der Waals surface area contributed by atoms with Gasteiger partial charge in [-0.2, -0.15) is 4.31 Å². The molecule has 0 radical (unpaired) electrons. The summed E-state index contributed by atoms with van der Waals surface area (Å²) in [6.45, 7) is 3.49. The van der Waals surface area contributed by atoms with Crippen LogP contribution in [0.2, 0.25) is 0 Å². The Labute approximate surface area is 238 Å². The van der Waals surface area contributed by atoms with E-state index in [1.165, 1.54) is 31.6 Å². The Hall–Kier alpha value is -3.87. The van der Waals surface area contributed by atoms with Crippen LogP contribution in [0.4, 0.5) is 10.1 Å². The molecule has 2 aromatic carbocycles. The van der Waals surface area contributed by atoms with Gasteiger partial charge in [0.05, 0.1) is 30.5 Å². The first-order valence-corrected chi connectivity index (χ1v) is 14.6. The molecule has 218 valence electrons. The lowest BCUT2D eigenvalue weighted by Crippen LogP contribution is -2.48. The number of carbonyl (C=O) groups is 2. The maximum Gasteiger partial charge on any atom is 0.255 e. The van der Waals surface area contributed by atoms with Crippen LogP contribution in [-0.4, -0.2) is 78.4 Å². The quantitative estimate of drug-likeness (QED) is 0.417. The molecule has 0 fully saturated rings. The molecule has 10 nitrogen and oxygen atoms in total. The highest BCUT2D eigenvalue weighted by Gasteiger charge is 2.33. The zero-order valence-electron chi connectivity index (χ0n) is 23.0. The van der Waals surface area contributed by atoms with Crippen molar-refractivity contribution in [3.05, 3.63) is 83.9 Å². The molecule has 1 aromatic heterocycles. The summed E-state index contributed by atoms with van der Waals surface area (Å²) in [4.78, 5) is 31.5. The van der Waals surface area contributed by atoms with Gasteiger partial charge in [0.1, 0.15) is 17.7 Å². The van der Waals surface area contributed by atoms with E-state index in [1.807, 2.05) is 6.92 Å². The Kier molecular flexibility index (Phi) is 9.36. The maximum atomic E-state index is 13.4. The monoisotopic (exact) mass is 584 g/mol. The fraction of sp³-hybridized carbons (Fsp3) is 0.345. The van der Waals surface area contributed by atoms with E-state index >= 15 is 0 Å². The van der Waals surface area contributed by atoms with Gasteiger partial charge in [0.15, 0.2) is 0 Å². The molecule has 0 saturated heterocycles. The van der Waals surface area contributed by atoms with Gasteiger partial charge in [-0.1, -0.05) is 6.92 Å². The number of benzene rings is 2. The van der Waals surface area contributed by atoms with Gasteiger partial charge in [-0.3, -0.25) is 14.6 Å². The van der Waals surface area contributed by atoms with E-state index in [1.54, 1.807) is 42.2 Å². The molecule has 12 heteroatoms. The molecule has 0 aliphatic carbocycles. The Morgan fingerprint density at radius 3 is 2.54 bits per heavy atom. The van der Waals surface area contributed by atoms with E-state index in [0.29, 0.717) is 22.6 Å². The zero-order valence-corrected chi connectivity index (χ0v) is 23.8. The van der Waals surface area contributed by atoms with Crippen molar-refractivity contribution >= 4 is 27.5 Å². The number of anilines is 1. The van der Waals surface area contributed by atoms with Gasteiger partial charge in [0.25, 0.3) is 5.91 Å². The van der Waals surface area contributed by atoms with Crippen LogP contribution in [0.15, 0.2) is 71.9 Å². The number of halogens is 1. The molecule has 0 unspecified atom stereocenters. The zero-order chi connectivity index (χ0) is 29.7. The number of aliphatic hydroxyl groups excluding tert-OH is 1. The van der Waals surface area contributed by atoms with Gasteiger partial charge in [0.2, 0.25) is 15.9 Å². The average Bonchev–Trinajstić information content (AvgIpc) is 3.00. The first-order chi connectivity index (χ1) is 19.5. The van der Waals surface area contributed by atoms with E-state index in [0.717, 1.165) is 16.4 Å². The summed E-state index contributed by atoms with van der Waals surface area (Å²) in [7, 11) is -2.55. The molecular formula is C29H33FN4O6S. The molecule has 0 spiro atoms. The number of nitrogens with one attached hydrogen (secondary N) is 1. The number of likely N-dealkylation sites (N-methyl/N-ethyl adjacent to an activating group) is 1. The molecule has 3 atom stereocenters. The summed E-state index contributed by atoms with van der Waals surface area (Å²) in [6.07, 6.45) is 2.28. The Morgan fingerprint density at radius 1 is 1.20 bits per heavy atom. The summed E-state index contributed by atoms with van der Waals surface area (Å²) in [5.41, 5.74) is 1.36. The number of sulfonamides is 1. The largest absolute Gasteiger partial charge is 0.488 e. The Bertz CT molecular complexity index is 1490. The number of hydrogen-bond acceptors (Lipinski definition) is 7. The van der Waals surface area contributed by atoms with Crippen molar-refractivity contribution in [1.29, 1.82) is 0 Å². The highest BCUT2D eigenvalue weighted by Crippen LogP contribution is 2.30. The second-order valence-corrected chi connectivity index (χ2v) is 12.2. The maximum absolute atomic E-state index is 13.4. The molecule has 41 heavy (non-hydrogen) atoms. The summed E-state index contributed by atoms with van der Waals surface area (Å²) in [6, 6.07) is 12.2. The number of aromatic nitrogens is 1. The van der Waals surface area contributed by atoms with E-state index in [-0.39, 0.29) is 48.7 Å². The lowest BCUT2D eigenvalue weighted by atomic mass is 10.0. The van der Waals surface area contributed by atoms with Gasteiger partial charge >= 0.3 is 0 Å². The SMILES string of the molecule is C[C@@H]1CN([C@@H](C)CO)C(=O)Cc2cc(NC(=O)c3ccncc3)ccc2O[C@@H]1CN(C)S(=O)(=O)c1ccc(F)cc1. The molecule has 2 heterocycles. The normalized spacial score (nSPS) is 18.5. The van der Waals surface area contributed by atoms with Crippen LogP contribution in [0.1, 0.15) is 29.8 Å². The molecule has 3 aromatic rings. The van der Waals surface area contributed by atoms with Crippen LogP contribution in [0, 0.1) is 11.7 Å². The van der Waals surface area contributed by atoms with Gasteiger partial charge in [0, 0.05) is 48.7 Å². The molecule has 2 amide bonds. The lowest BCUT2D eigenvalue weighted by Gasteiger charge is -2.33. The van der Waals surface area contributed by atoms with Crippen LogP contribution in [0.3, 0.4) is 0 Å². The minimum Gasteiger partial charge on any atom is -0.488 e. The topological polar surface area (TPSA) is 129 Å². The Balaban J connectivity index is 1.65. The third-order valence-electron chi connectivity index (χ3n) is 7.08. The van der Waals surface area contributed by atoms with E-state index in [4.69, 9.17) is 4.74 Å². The van der Waals surface area contributed by atoms with Gasteiger partial charge in [-0.25, -0.2) is 12.8 Å². The van der Waals surface area contributed by atoms with Crippen LogP contribution in [0.25, 0.3) is 0 Å². The molecule has 4 rings (SSSR count). The van der Waals surface area contributed by atoms with Gasteiger partial charge < -0.3 is 20.1 Å². The molecule has 1 aliphatic heterocycles. The lowest BCUT2D eigenvalue weighted by molar-refractivity contribution is -0.134. The van der Waals surface area contributed by atoms with Crippen molar-refractivity contribution in [3.63, 3.8) is 0 Å². The number of hydrogen-bond donors (Lipinski definition) is 2. The minimum atomic E-state index is -3.96. The third-order valence-corrected chi connectivity index (χ3v) is 8.91. The Morgan fingerprint density at radius 2 is 1.88 bits per heavy atom. The van der Waals surface area contributed by atoms with Crippen molar-refractivity contribution in [2.45, 2.75) is 37.3 Å². The number of nitrogens with zero attached hydrogens (tertiary/aromatic N) is 3. The van der Waals surface area contributed by atoms with Gasteiger partial charge in [-0.15, -0.1) is 0 Å². The smallest absolute Gasteiger partial charge is 0.255 e. The second-order valence-electron chi connectivity index (χ2n) is 10.1. The van der Waals surface area contributed by atoms with E-state index in [9.17, 15) is 27.5 Å². The summed E-state index contributed by atoms with van der Waals surface area (Å²) >= 11 is 0. The van der Waals surface area contributed by atoms with Crippen molar-refractivity contribution in [3.8, 4) is 5.75 Å². The third kappa shape index (κ3) is 7.07. The minimum absolute atomic E-state index is 0.0538. The predicted octanol–water partition coefficient (Wildman–Crippen LogP) is 2.94. The van der Waals surface area contributed by atoms with Crippen LogP contribution >= 0.6 is 0 Å². The van der Waals surface area contributed by atoms with Crippen molar-refractivity contribution in [2.75, 3.05) is 32.1 Å². The highest BCUT2D eigenvalue weighted by atomic mass is 32.2. The number of carbonyl (C=O) groups excluding carboxylic acids is 2. The molecule has 2 N–H and O–H groups in total. The van der Waals surface area contributed by atoms with Gasteiger partial charge in [-0.05, 0) is 61.5 Å². The predicted molar refractivity (Wildman–Crippen MR) is 150 cm³/mol. The number of ether oxygens (including phenoxy) is 1. The number of rotatable bonds is 8. The highest BCUT2D eigenvalue weighted by molar-refractivity contribution is 7.89. The number of aliphatic hydroxyl groups is 1. The summed E-state index contributed by atoms with van der Waals surface area (Å²) < 4.78 is 47.4. The fourth-order valence-corrected chi connectivity index (χ4v) is 5.75. The first-order valence-electron chi connectivity index (χ1n) is 13.1. The van der Waals surface area contributed by atoms with Crippen LogP contribution in [0.5, 0.6) is 5.75 Å². The van der Waals surface area contributed by atoms with E-state index in [2.05, 4.69) is 10.3 Å². The van der Waals surface area contributed by atoms with Crippen LogP contribution < -0.4 is 10.1 Å². The first kappa shape index (κ1) is 30.1. The second kappa shape index (κ2) is 12.8. The molecule has 0 saturated carbocycles. The molecular weight excluding hydrogens is 551 g/mol. The van der Waals surface area contributed by atoms with Crippen LogP contribution in [-0.2, 0) is 21.2 Å². The number of fused-ring (bicyclic) bond motifs is 1. The summed E-state index contributed by atoms with van der Waals surface area (Å²) in [5, 5.41) is 12.7. The number of amides is 2. The van der Waals surface area contributed by atoms with Crippen molar-refractivity contribution < 1.29 is 32.2 Å².